The maximum atomic E-state index is 15.3. The number of fused-ring (bicyclic) bond motifs is 3. The Kier molecular flexibility index (Phi) is 6.45. The molecule has 5 heteroatoms. The minimum atomic E-state index is -0.384. The molecular weight excluding hydrogens is 521 g/mol. The predicted molar refractivity (Wildman–Crippen MR) is 171 cm³/mol. The van der Waals surface area contributed by atoms with E-state index in [1.807, 2.05) is 47.9 Å². The van der Waals surface area contributed by atoms with E-state index in [4.69, 9.17) is 4.98 Å². The van der Waals surface area contributed by atoms with Crippen LogP contribution < -0.4 is 0 Å². The minimum absolute atomic E-state index is 0.0496. The van der Waals surface area contributed by atoms with Gasteiger partial charge in [-0.2, -0.15) is 0 Å². The molecule has 0 spiro atoms. The van der Waals surface area contributed by atoms with Gasteiger partial charge in [-0.1, -0.05) is 71.9 Å². The molecule has 3 aromatic heterocycles. The molecular formula is C37H36FN3O. The van der Waals surface area contributed by atoms with Crippen molar-refractivity contribution in [1.82, 2.24) is 14.5 Å². The average Bonchev–Trinajstić information content (AvgIpc) is 3.26. The first-order chi connectivity index (χ1) is 19.8. The van der Waals surface area contributed by atoms with Crippen LogP contribution in [-0.2, 0) is 10.8 Å². The first kappa shape index (κ1) is 27.6. The van der Waals surface area contributed by atoms with E-state index in [1.165, 1.54) is 17.7 Å². The van der Waals surface area contributed by atoms with Gasteiger partial charge in [-0.15, -0.1) is 0 Å². The molecule has 3 aromatic carbocycles. The van der Waals surface area contributed by atoms with Crippen molar-refractivity contribution in [3.8, 4) is 34.1 Å². The van der Waals surface area contributed by atoms with E-state index < -0.39 is 0 Å². The van der Waals surface area contributed by atoms with Gasteiger partial charge in [0.05, 0.1) is 22.4 Å². The quantitative estimate of drug-likeness (QED) is 0.236. The summed E-state index contributed by atoms with van der Waals surface area (Å²) in [5.41, 5.74) is 7.52. The summed E-state index contributed by atoms with van der Waals surface area (Å²) in [7, 11) is 0. The fourth-order valence-corrected chi connectivity index (χ4v) is 5.74. The number of halogens is 1. The van der Waals surface area contributed by atoms with Gasteiger partial charge in [0, 0.05) is 34.7 Å². The van der Waals surface area contributed by atoms with Gasteiger partial charge in [-0.25, -0.2) is 9.37 Å². The van der Waals surface area contributed by atoms with Crippen LogP contribution in [-0.4, -0.2) is 19.6 Å². The highest BCUT2D eigenvalue weighted by Gasteiger charge is 2.26. The number of nitrogens with zero attached hydrogens (tertiary/aromatic N) is 3. The van der Waals surface area contributed by atoms with Crippen molar-refractivity contribution in [3.05, 3.63) is 108 Å². The largest absolute Gasteiger partial charge is 0.507 e. The maximum absolute atomic E-state index is 15.3. The zero-order valence-electron chi connectivity index (χ0n) is 25.2. The summed E-state index contributed by atoms with van der Waals surface area (Å²) in [4.78, 5) is 9.35. The molecule has 42 heavy (non-hydrogen) atoms. The van der Waals surface area contributed by atoms with Crippen molar-refractivity contribution in [1.29, 1.82) is 0 Å². The molecule has 0 saturated heterocycles. The topological polar surface area (TPSA) is 50.9 Å². The molecule has 6 rings (SSSR count). The Morgan fingerprint density at radius 2 is 1.48 bits per heavy atom. The lowest BCUT2D eigenvalue weighted by atomic mass is 9.80. The lowest BCUT2D eigenvalue weighted by molar-refractivity contribution is 0.473. The van der Waals surface area contributed by atoms with E-state index in [1.54, 1.807) is 6.20 Å². The van der Waals surface area contributed by atoms with Crippen molar-refractivity contribution in [3.63, 3.8) is 0 Å². The molecule has 0 radical (unpaired) electrons. The van der Waals surface area contributed by atoms with Crippen molar-refractivity contribution < 1.29 is 9.50 Å². The summed E-state index contributed by atoms with van der Waals surface area (Å²) in [6, 6.07) is 25.2. The van der Waals surface area contributed by atoms with Gasteiger partial charge in [0.15, 0.2) is 0 Å². The molecule has 0 atom stereocenters. The van der Waals surface area contributed by atoms with Crippen molar-refractivity contribution in [2.24, 2.45) is 0 Å². The molecule has 0 aliphatic carbocycles. The number of hydrogen-bond donors (Lipinski definition) is 1. The van der Waals surface area contributed by atoms with Crippen LogP contribution in [0.2, 0.25) is 0 Å². The maximum Gasteiger partial charge on any atom is 0.141 e. The number of phenols is 1. The summed E-state index contributed by atoms with van der Waals surface area (Å²) >= 11 is 0. The van der Waals surface area contributed by atoms with Gasteiger partial charge < -0.3 is 5.11 Å². The van der Waals surface area contributed by atoms with Crippen molar-refractivity contribution >= 4 is 21.8 Å². The first-order valence-corrected chi connectivity index (χ1v) is 14.3. The summed E-state index contributed by atoms with van der Waals surface area (Å²) in [6.45, 7) is 15.1. The zero-order chi connectivity index (χ0) is 30.0. The molecule has 0 aliphatic heterocycles. The van der Waals surface area contributed by atoms with Crippen molar-refractivity contribution in [2.45, 2.75) is 59.3 Å². The Morgan fingerprint density at radius 3 is 2.17 bits per heavy atom. The first-order valence-electron chi connectivity index (χ1n) is 14.3. The second-order valence-electron chi connectivity index (χ2n) is 13.2. The third kappa shape index (κ3) is 4.73. The molecule has 0 saturated carbocycles. The molecule has 1 N–H and O–H groups in total. The normalized spacial score (nSPS) is 12.4. The van der Waals surface area contributed by atoms with Crippen LogP contribution in [0.5, 0.6) is 5.75 Å². The molecule has 0 fully saturated rings. The van der Waals surface area contributed by atoms with E-state index in [2.05, 4.69) is 76.9 Å². The lowest BCUT2D eigenvalue weighted by Gasteiger charge is -2.24. The standard InChI is InChI=1S/C37H36FN3O/c1-22-11-10-12-25(35(22)42)26-21-33-28(20-29(26)37(5,6)7)27-17-23(36(2,3)4)14-15-32(27)41(33)34-19-24(38)18-31(40-34)30-13-8-9-16-39-30/h8-21,42H,1-7H3. The van der Waals surface area contributed by atoms with Gasteiger partial charge in [0.25, 0.3) is 0 Å². The average molecular weight is 558 g/mol. The van der Waals surface area contributed by atoms with Crippen LogP contribution in [0.15, 0.2) is 85.1 Å². The SMILES string of the molecule is Cc1cccc(-c2cc3c(cc2C(C)(C)C)c2cc(C(C)(C)C)ccc2n3-c2cc(F)cc(-c3ccccn3)n2)c1O. The zero-order valence-corrected chi connectivity index (χ0v) is 25.2. The van der Waals surface area contributed by atoms with Gasteiger partial charge in [0.2, 0.25) is 0 Å². The summed E-state index contributed by atoms with van der Waals surface area (Å²) in [5.74, 6) is 0.355. The number of pyridine rings is 2. The summed E-state index contributed by atoms with van der Waals surface area (Å²) in [6.07, 6.45) is 1.69. The smallest absolute Gasteiger partial charge is 0.141 e. The molecule has 3 heterocycles. The highest BCUT2D eigenvalue weighted by Crippen LogP contribution is 2.44. The Bertz CT molecular complexity index is 1980. The third-order valence-corrected chi connectivity index (χ3v) is 8.04. The van der Waals surface area contributed by atoms with E-state index in [0.717, 1.165) is 44.1 Å². The Balaban J connectivity index is 1.76. The number of aryl methyl sites for hydroxylation is 1. The van der Waals surface area contributed by atoms with E-state index in [-0.39, 0.29) is 22.4 Å². The third-order valence-electron chi connectivity index (χ3n) is 8.04. The monoisotopic (exact) mass is 557 g/mol. The number of para-hydroxylation sites is 1. The number of aromatic hydroxyl groups is 1. The van der Waals surface area contributed by atoms with Crippen LogP contribution in [0.1, 0.15) is 58.2 Å². The lowest BCUT2D eigenvalue weighted by Crippen LogP contribution is -2.13. The summed E-state index contributed by atoms with van der Waals surface area (Å²) in [5, 5.41) is 13.3. The second-order valence-corrected chi connectivity index (χ2v) is 13.2. The van der Waals surface area contributed by atoms with Crippen LogP contribution in [0.3, 0.4) is 0 Å². The Morgan fingerprint density at radius 1 is 0.714 bits per heavy atom. The van der Waals surface area contributed by atoms with E-state index in [9.17, 15) is 5.11 Å². The Hall–Kier alpha value is -4.51. The number of hydrogen-bond acceptors (Lipinski definition) is 3. The molecule has 0 aliphatic rings. The van der Waals surface area contributed by atoms with Crippen LogP contribution in [0.4, 0.5) is 4.39 Å². The fraction of sp³-hybridized carbons (Fsp3) is 0.243. The van der Waals surface area contributed by atoms with Gasteiger partial charge in [-0.05, 0) is 76.4 Å². The number of benzene rings is 3. The highest BCUT2D eigenvalue weighted by molar-refractivity contribution is 6.11. The van der Waals surface area contributed by atoms with Crippen LogP contribution >= 0.6 is 0 Å². The van der Waals surface area contributed by atoms with E-state index in [0.29, 0.717) is 17.2 Å². The van der Waals surface area contributed by atoms with Crippen LogP contribution in [0, 0.1) is 12.7 Å². The fourth-order valence-electron chi connectivity index (χ4n) is 5.74. The molecule has 0 unspecified atom stereocenters. The minimum Gasteiger partial charge on any atom is -0.507 e. The highest BCUT2D eigenvalue weighted by atomic mass is 19.1. The van der Waals surface area contributed by atoms with E-state index >= 15 is 4.39 Å². The van der Waals surface area contributed by atoms with Crippen molar-refractivity contribution in [2.75, 3.05) is 0 Å². The Labute approximate surface area is 246 Å². The molecule has 4 nitrogen and oxygen atoms in total. The van der Waals surface area contributed by atoms with Gasteiger partial charge >= 0.3 is 0 Å². The predicted octanol–water partition coefficient (Wildman–Crippen LogP) is 9.66. The molecule has 0 bridgehead atoms. The number of aromatic nitrogens is 3. The van der Waals surface area contributed by atoms with Gasteiger partial charge in [0.1, 0.15) is 17.4 Å². The number of rotatable bonds is 3. The molecule has 0 amide bonds. The van der Waals surface area contributed by atoms with Crippen LogP contribution in [0.25, 0.3) is 50.1 Å². The second kappa shape index (κ2) is 9.80. The van der Waals surface area contributed by atoms with Gasteiger partial charge in [-0.3, -0.25) is 9.55 Å². The molecule has 6 aromatic rings. The number of phenolic OH excluding ortho intramolecular Hbond substituents is 1. The molecule has 212 valence electrons. The summed E-state index contributed by atoms with van der Waals surface area (Å²) < 4.78 is 17.3.